The minimum Gasteiger partial charge on any atom is -0.0616 e. The quantitative estimate of drug-likeness (QED) is 0.143. The van der Waals surface area contributed by atoms with Gasteiger partial charge in [-0.3, -0.25) is 0 Å². The average Bonchev–Trinajstić information content (AvgIpc) is 3.11. The van der Waals surface area contributed by atoms with Crippen LogP contribution in [0, 0.1) is 11.8 Å². The van der Waals surface area contributed by atoms with Crippen LogP contribution < -0.4 is 0 Å². The molecule has 8 aromatic rings. The van der Waals surface area contributed by atoms with Gasteiger partial charge in [-0.2, -0.15) is 0 Å². The van der Waals surface area contributed by atoms with Crippen molar-refractivity contribution in [2.75, 3.05) is 0 Å². The number of fused-ring (bicyclic) bond motifs is 4. The Morgan fingerprint density at radius 2 is 0.543 bits per heavy atom. The average molecular weight is 583 g/mol. The third kappa shape index (κ3) is 5.96. The van der Waals surface area contributed by atoms with Crippen molar-refractivity contribution >= 4 is 67.4 Å². The van der Waals surface area contributed by atoms with E-state index in [0.717, 1.165) is 11.1 Å². The monoisotopic (exact) mass is 582 g/mol. The van der Waals surface area contributed by atoms with Gasteiger partial charge < -0.3 is 0 Å². The molecule has 0 amide bonds. The van der Waals surface area contributed by atoms with Gasteiger partial charge in [0.15, 0.2) is 0 Å². The molecule has 0 unspecified atom stereocenters. The highest BCUT2D eigenvalue weighted by molar-refractivity contribution is 5.91. The van der Waals surface area contributed by atoms with Gasteiger partial charge in [-0.05, 0) is 114 Å². The first-order valence-corrected chi connectivity index (χ1v) is 15.7. The van der Waals surface area contributed by atoms with Crippen LogP contribution in [0.5, 0.6) is 0 Å². The lowest BCUT2D eigenvalue weighted by molar-refractivity contribution is 1.65. The van der Waals surface area contributed by atoms with Gasteiger partial charge in [-0.15, -0.1) is 0 Å². The van der Waals surface area contributed by atoms with Gasteiger partial charge in [-0.25, -0.2) is 0 Å². The van der Waals surface area contributed by atoms with Crippen LogP contribution in [0.4, 0.5) is 0 Å². The minimum atomic E-state index is 1.02. The van der Waals surface area contributed by atoms with Crippen LogP contribution in [-0.4, -0.2) is 0 Å². The Labute approximate surface area is 269 Å². The molecule has 0 atom stereocenters. The summed E-state index contributed by atoms with van der Waals surface area (Å²) in [6.45, 7) is 0. The van der Waals surface area contributed by atoms with Gasteiger partial charge in [0, 0.05) is 11.1 Å². The molecule has 0 radical (unpaired) electrons. The Hall–Kier alpha value is -6.16. The van der Waals surface area contributed by atoms with Crippen molar-refractivity contribution in [3.05, 3.63) is 191 Å². The summed E-state index contributed by atoms with van der Waals surface area (Å²) >= 11 is 0. The normalized spacial score (nSPS) is 11.6. The third-order valence-electron chi connectivity index (χ3n) is 8.56. The zero-order valence-corrected chi connectivity index (χ0v) is 25.3. The summed E-state index contributed by atoms with van der Waals surface area (Å²) < 4.78 is 0. The summed E-state index contributed by atoms with van der Waals surface area (Å²) in [4.78, 5) is 0. The minimum absolute atomic E-state index is 1.02. The molecule has 0 aliphatic rings. The first kappa shape index (κ1) is 27.4. The maximum absolute atomic E-state index is 3.38. The SMILES string of the molecule is C(#Cc1ccc2cc(C=Cc3ccc4ccccc4c3)ccc2c1)c1ccc2cc(C=Cc3ccc4ccccc4c3)ccc2c1. The highest BCUT2D eigenvalue weighted by atomic mass is 14.0. The maximum Gasteiger partial charge on any atom is 0.0255 e. The molecule has 0 saturated heterocycles. The molecule has 0 saturated carbocycles. The predicted octanol–water partition coefficient (Wildman–Crippen LogP) is 12.0. The van der Waals surface area contributed by atoms with E-state index >= 15 is 0 Å². The number of hydrogen-bond acceptors (Lipinski definition) is 0. The van der Waals surface area contributed by atoms with E-state index < -0.39 is 0 Å². The van der Waals surface area contributed by atoms with Crippen LogP contribution in [0.2, 0.25) is 0 Å². The molecule has 0 aliphatic carbocycles. The zero-order valence-electron chi connectivity index (χ0n) is 25.3. The predicted molar refractivity (Wildman–Crippen MR) is 200 cm³/mol. The van der Waals surface area contributed by atoms with Gasteiger partial charge in [-0.1, -0.05) is 145 Å². The van der Waals surface area contributed by atoms with E-state index in [1.165, 1.54) is 65.3 Å². The van der Waals surface area contributed by atoms with E-state index in [-0.39, 0.29) is 0 Å². The zero-order chi connectivity index (χ0) is 30.7. The van der Waals surface area contributed by atoms with Crippen molar-refractivity contribution in [1.29, 1.82) is 0 Å². The first-order chi connectivity index (χ1) is 22.7. The Morgan fingerprint density at radius 3 is 0.935 bits per heavy atom. The highest BCUT2D eigenvalue weighted by Crippen LogP contribution is 2.23. The molecule has 0 heteroatoms. The molecule has 8 rings (SSSR count). The Kier molecular flexibility index (Phi) is 7.20. The van der Waals surface area contributed by atoms with E-state index in [2.05, 4.69) is 194 Å². The second-order valence-electron chi connectivity index (χ2n) is 11.8. The maximum atomic E-state index is 3.38. The topological polar surface area (TPSA) is 0 Å². The van der Waals surface area contributed by atoms with Gasteiger partial charge in [0.2, 0.25) is 0 Å². The molecule has 8 aromatic carbocycles. The molecule has 0 bridgehead atoms. The van der Waals surface area contributed by atoms with E-state index in [4.69, 9.17) is 0 Å². The van der Waals surface area contributed by atoms with E-state index in [0.29, 0.717) is 0 Å². The molecule has 0 spiro atoms. The Bertz CT molecular complexity index is 2350. The van der Waals surface area contributed by atoms with Gasteiger partial charge in [0.1, 0.15) is 0 Å². The summed E-state index contributed by atoms with van der Waals surface area (Å²) in [6, 6.07) is 56.2. The van der Waals surface area contributed by atoms with Gasteiger partial charge in [0.25, 0.3) is 0 Å². The van der Waals surface area contributed by atoms with Crippen LogP contribution in [-0.2, 0) is 0 Å². The van der Waals surface area contributed by atoms with Crippen molar-refractivity contribution in [1.82, 2.24) is 0 Å². The molecular weight excluding hydrogens is 553 g/mol. The summed E-state index contributed by atoms with van der Waals surface area (Å²) in [6.07, 6.45) is 8.73. The highest BCUT2D eigenvalue weighted by Gasteiger charge is 2.00. The molecule has 0 heterocycles. The largest absolute Gasteiger partial charge is 0.0616 e. The first-order valence-electron chi connectivity index (χ1n) is 15.7. The van der Waals surface area contributed by atoms with Crippen molar-refractivity contribution in [3.8, 4) is 11.8 Å². The lowest BCUT2D eigenvalue weighted by Gasteiger charge is -2.03. The van der Waals surface area contributed by atoms with Crippen LogP contribution in [0.1, 0.15) is 33.4 Å². The van der Waals surface area contributed by atoms with E-state index in [1.54, 1.807) is 0 Å². The van der Waals surface area contributed by atoms with Crippen LogP contribution in [0.15, 0.2) is 158 Å². The van der Waals surface area contributed by atoms with Crippen LogP contribution in [0.25, 0.3) is 67.4 Å². The molecule has 0 nitrogen and oxygen atoms in total. The van der Waals surface area contributed by atoms with Crippen molar-refractivity contribution in [3.63, 3.8) is 0 Å². The Morgan fingerprint density at radius 1 is 0.261 bits per heavy atom. The van der Waals surface area contributed by atoms with Crippen LogP contribution in [0.3, 0.4) is 0 Å². The van der Waals surface area contributed by atoms with Gasteiger partial charge >= 0.3 is 0 Å². The number of hydrogen-bond donors (Lipinski definition) is 0. The summed E-state index contributed by atoms with van der Waals surface area (Å²) in [5, 5.41) is 9.85. The van der Waals surface area contributed by atoms with Crippen molar-refractivity contribution < 1.29 is 0 Å². The molecule has 46 heavy (non-hydrogen) atoms. The standard InChI is InChI=1S/C46H30/c1-3-7-41-27-33(15-21-39(41)5-1)9-11-35-17-23-45-31-37(19-25-43(45)29-35)13-14-38-20-26-44-30-36(18-24-46(44)32-38)12-10-34-16-22-40-6-2-4-8-42(40)28-34/h1-12,15-32H. The summed E-state index contributed by atoms with van der Waals surface area (Å²) in [7, 11) is 0. The Balaban J connectivity index is 0.970. The molecular formula is C46H30. The molecule has 0 fully saturated rings. The van der Waals surface area contributed by atoms with E-state index in [1.807, 2.05) is 0 Å². The fraction of sp³-hybridized carbons (Fsp3) is 0. The summed E-state index contributed by atoms with van der Waals surface area (Å²) in [5.41, 5.74) is 6.80. The number of rotatable bonds is 4. The summed E-state index contributed by atoms with van der Waals surface area (Å²) in [5.74, 6) is 6.76. The fourth-order valence-corrected chi connectivity index (χ4v) is 6.04. The second-order valence-corrected chi connectivity index (χ2v) is 11.8. The fourth-order valence-electron chi connectivity index (χ4n) is 6.04. The lowest BCUT2D eigenvalue weighted by atomic mass is 10.0. The smallest absolute Gasteiger partial charge is 0.0255 e. The van der Waals surface area contributed by atoms with Gasteiger partial charge in [0.05, 0.1) is 0 Å². The third-order valence-corrected chi connectivity index (χ3v) is 8.56. The molecule has 0 aliphatic heterocycles. The van der Waals surface area contributed by atoms with Crippen LogP contribution >= 0.6 is 0 Å². The van der Waals surface area contributed by atoms with Crippen molar-refractivity contribution in [2.45, 2.75) is 0 Å². The number of benzene rings is 8. The second kappa shape index (κ2) is 12.1. The van der Waals surface area contributed by atoms with E-state index in [9.17, 15) is 0 Å². The molecule has 0 N–H and O–H groups in total. The van der Waals surface area contributed by atoms with Crippen molar-refractivity contribution in [2.24, 2.45) is 0 Å². The lowest BCUT2D eigenvalue weighted by Crippen LogP contribution is -1.81. The molecule has 0 aromatic heterocycles. The molecule has 214 valence electrons.